The molecule has 3 aromatic carbocycles. The fraction of sp³-hybridized carbons (Fsp3) is 0.444. The Kier molecular flexibility index (Phi) is 13.9. The van der Waals surface area contributed by atoms with Crippen LogP contribution in [0.5, 0.6) is 0 Å². The Balaban J connectivity index is 1.56. The van der Waals surface area contributed by atoms with Crippen molar-refractivity contribution in [1.82, 2.24) is 0 Å². The van der Waals surface area contributed by atoms with Gasteiger partial charge in [-0.1, -0.05) is 142 Å². The fourth-order valence-corrected chi connectivity index (χ4v) is 5.48. The van der Waals surface area contributed by atoms with Gasteiger partial charge in [0.2, 0.25) is 0 Å². The zero-order valence-electron chi connectivity index (χ0n) is 23.4. The van der Waals surface area contributed by atoms with Crippen molar-refractivity contribution in [2.24, 2.45) is 0 Å². The molecule has 0 saturated carbocycles. The van der Waals surface area contributed by atoms with Crippen LogP contribution in [0.4, 0.5) is 0 Å². The summed E-state index contributed by atoms with van der Waals surface area (Å²) in [6.45, 7) is 6.71. The summed E-state index contributed by atoms with van der Waals surface area (Å²) in [5, 5.41) is 0. The molecule has 0 N–H and O–H groups in total. The third kappa shape index (κ3) is 12.0. The van der Waals surface area contributed by atoms with Crippen LogP contribution in [0.15, 0.2) is 103 Å². The maximum atomic E-state index is 2.44. The number of hydrogen-bond donors (Lipinski definition) is 0. The number of hydrogen-bond acceptors (Lipinski definition) is 0. The Bertz CT molecular complexity index is 860. The Morgan fingerprint density at radius 3 is 1.27 bits per heavy atom. The van der Waals surface area contributed by atoms with E-state index in [1.807, 2.05) is 0 Å². The van der Waals surface area contributed by atoms with Crippen molar-refractivity contribution in [1.29, 1.82) is 0 Å². The average molecular weight is 497 g/mol. The van der Waals surface area contributed by atoms with E-state index in [9.17, 15) is 0 Å². The van der Waals surface area contributed by atoms with Crippen LogP contribution < -0.4 is 0 Å². The van der Waals surface area contributed by atoms with E-state index in [0.29, 0.717) is 0 Å². The van der Waals surface area contributed by atoms with E-state index in [4.69, 9.17) is 0 Å². The van der Waals surface area contributed by atoms with Crippen molar-refractivity contribution < 1.29 is 4.48 Å². The number of allylic oxidation sites excluding steroid dienone is 2. The highest BCUT2D eigenvalue weighted by Gasteiger charge is 2.28. The molecule has 198 valence electrons. The molecule has 0 aromatic heterocycles. The van der Waals surface area contributed by atoms with Crippen molar-refractivity contribution in [3.8, 4) is 0 Å². The second-order valence-electron chi connectivity index (χ2n) is 10.9. The van der Waals surface area contributed by atoms with Crippen molar-refractivity contribution in [3.05, 3.63) is 120 Å². The third-order valence-electron chi connectivity index (χ3n) is 7.48. The largest absolute Gasteiger partial charge is 0.312 e. The van der Waals surface area contributed by atoms with Gasteiger partial charge in [-0.3, -0.25) is 0 Å². The molecule has 0 amide bonds. The Labute approximate surface area is 227 Å². The second kappa shape index (κ2) is 17.8. The van der Waals surface area contributed by atoms with Gasteiger partial charge < -0.3 is 4.48 Å². The van der Waals surface area contributed by atoms with Gasteiger partial charge in [0.1, 0.15) is 19.6 Å². The van der Waals surface area contributed by atoms with Crippen LogP contribution in [-0.4, -0.2) is 11.0 Å². The van der Waals surface area contributed by atoms with Crippen LogP contribution in [-0.2, 0) is 19.6 Å². The molecule has 3 aromatic rings. The molecule has 0 saturated heterocycles. The first-order valence-corrected chi connectivity index (χ1v) is 14.9. The molecule has 0 heterocycles. The van der Waals surface area contributed by atoms with Gasteiger partial charge in [0.25, 0.3) is 0 Å². The highest BCUT2D eigenvalue weighted by atomic mass is 15.3. The minimum absolute atomic E-state index is 1.07. The van der Waals surface area contributed by atoms with E-state index in [0.717, 1.165) is 24.1 Å². The lowest BCUT2D eigenvalue weighted by molar-refractivity contribution is -0.966. The number of unbranched alkanes of at least 4 members (excludes halogenated alkanes) is 9. The van der Waals surface area contributed by atoms with Gasteiger partial charge in [-0.15, -0.1) is 0 Å². The van der Waals surface area contributed by atoms with Gasteiger partial charge in [-0.2, -0.15) is 0 Å². The SMILES string of the molecule is CCCCCCCC/C=C/CCCCC[N+](Cc1ccccc1)(Cc1ccccc1)Cc1ccccc1. The molecule has 0 fully saturated rings. The maximum absolute atomic E-state index is 2.44. The molecule has 0 atom stereocenters. The minimum Gasteiger partial charge on any atom is -0.312 e. The third-order valence-corrected chi connectivity index (χ3v) is 7.48. The summed E-state index contributed by atoms with van der Waals surface area (Å²) < 4.78 is 1.08. The lowest BCUT2D eigenvalue weighted by atomic mass is 10.0. The first-order valence-electron chi connectivity index (χ1n) is 14.9. The quantitative estimate of drug-likeness (QED) is 0.0879. The molecule has 0 radical (unpaired) electrons. The van der Waals surface area contributed by atoms with Gasteiger partial charge in [0.15, 0.2) is 0 Å². The smallest absolute Gasteiger partial charge is 0.105 e. The lowest BCUT2D eigenvalue weighted by Crippen LogP contribution is -2.46. The van der Waals surface area contributed by atoms with E-state index in [2.05, 4.69) is 110 Å². The number of rotatable bonds is 19. The predicted molar refractivity (Wildman–Crippen MR) is 161 cm³/mol. The number of nitrogens with zero attached hydrogens (tertiary/aromatic N) is 1. The molecule has 3 rings (SSSR count). The van der Waals surface area contributed by atoms with Gasteiger partial charge in [-0.25, -0.2) is 0 Å². The lowest BCUT2D eigenvalue weighted by Gasteiger charge is -2.39. The first-order chi connectivity index (χ1) is 18.3. The molecule has 1 heteroatoms. The summed E-state index contributed by atoms with van der Waals surface area (Å²) in [4.78, 5) is 0. The van der Waals surface area contributed by atoms with Gasteiger partial charge in [0, 0.05) is 16.7 Å². The average Bonchev–Trinajstić information content (AvgIpc) is 2.93. The van der Waals surface area contributed by atoms with Crippen molar-refractivity contribution in [3.63, 3.8) is 0 Å². The topological polar surface area (TPSA) is 0 Å². The molecular formula is C36H50N+. The fourth-order valence-electron chi connectivity index (χ4n) is 5.48. The van der Waals surface area contributed by atoms with Crippen molar-refractivity contribution in [2.45, 2.75) is 97.2 Å². The summed E-state index contributed by atoms with van der Waals surface area (Å²) >= 11 is 0. The van der Waals surface area contributed by atoms with Crippen molar-refractivity contribution in [2.75, 3.05) is 6.54 Å². The first kappa shape index (κ1) is 28.9. The number of quaternary nitrogens is 1. The van der Waals surface area contributed by atoms with E-state index in [1.54, 1.807) is 0 Å². The molecule has 37 heavy (non-hydrogen) atoms. The van der Waals surface area contributed by atoms with Gasteiger partial charge in [-0.05, 0) is 38.5 Å². The highest BCUT2D eigenvalue weighted by Crippen LogP contribution is 2.25. The van der Waals surface area contributed by atoms with Crippen LogP contribution in [0.3, 0.4) is 0 Å². The summed E-state index contributed by atoms with van der Waals surface area (Å²) in [6.07, 6.45) is 19.6. The molecule has 0 aliphatic heterocycles. The van der Waals surface area contributed by atoms with Crippen LogP contribution >= 0.6 is 0 Å². The Morgan fingerprint density at radius 2 is 0.838 bits per heavy atom. The van der Waals surface area contributed by atoms with Crippen molar-refractivity contribution >= 4 is 0 Å². The molecular weight excluding hydrogens is 446 g/mol. The second-order valence-corrected chi connectivity index (χ2v) is 10.9. The Hall–Kier alpha value is -2.64. The monoisotopic (exact) mass is 496 g/mol. The van der Waals surface area contributed by atoms with E-state index < -0.39 is 0 Å². The zero-order valence-corrected chi connectivity index (χ0v) is 23.4. The summed E-state index contributed by atoms with van der Waals surface area (Å²) in [5.74, 6) is 0. The molecule has 1 nitrogen and oxygen atoms in total. The van der Waals surface area contributed by atoms with Gasteiger partial charge in [0.05, 0.1) is 6.54 Å². The maximum Gasteiger partial charge on any atom is 0.105 e. The van der Waals surface area contributed by atoms with E-state index in [-0.39, 0.29) is 0 Å². The molecule has 0 unspecified atom stereocenters. The van der Waals surface area contributed by atoms with Gasteiger partial charge >= 0.3 is 0 Å². The van der Waals surface area contributed by atoms with E-state index >= 15 is 0 Å². The van der Waals surface area contributed by atoms with Crippen LogP contribution in [0.25, 0.3) is 0 Å². The summed E-state index contributed by atoms with van der Waals surface area (Å²) in [6, 6.07) is 33.3. The minimum atomic E-state index is 1.07. The molecule has 0 spiro atoms. The number of benzene rings is 3. The summed E-state index contributed by atoms with van der Waals surface area (Å²) in [5.41, 5.74) is 4.31. The zero-order chi connectivity index (χ0) is 25.9. The Morgan fingerprint density at radius 1 is 0.459 bits per heavy atom. The normalized spacial score (nSPS) is 11.8. The summed E-state index contributed by atoms with van der Waals surface area (Å²) in [7, 11) is 0. The molecule has 0 aliphatic rings. The molecule has 0 bridgehead atoms. The predicted octanol–water partition coefficient (Wildman–Crippen LogP) is 10.3. The van der Waals surface area contributed by atoms with Crippen LogP contribution in [0.2, 0.25) is 0 Å². The standard InChI is InChI=1S/C36H50N/c1-2-3-4-5-6-7-8-9-10-11-12-13-23-30-37(31-34-24-17-14-18-25-34,32-35-26-19-15-20-27-35)33-36-28-21-16-22-29-36/h9-10,14-22,24-29H,2-8,11-13,23,30-33H2,1H3/q+1/b10-9+. The molecule has 0 aliphatic carbocycles. The van der Waals surface area contributed by atoms with Crippen LogP contribution in [0, 0.1) is 0 Å². The van der Waals surface area contributed by atoms with Crippen LogP contribution in [0.1, 0.15) is 94.2 Å². The van der Waals surface area contributed by atoms with E-state index in [1.165, 1.54) is 93.9 Å². The highest BCUT2D eigenvalue weighted by molar-refractivity contribution is 5.17.